The van der Waals surface area contributed by atoms with Crippen LogP contribution in [0.25, 0.3) is 5.76 Å². The smallest absolute Gasteiger partial charge is 0.205 e. The lowest BCUT2D eigenvalue weighted by Gasteiger charge is -2.25. The van der Waals surface area contributed by atoms with Gasteiger partial charge in [-0.25, -0.2) is 0 Å². The van der Waals surface area contributed by atoms with Crippen molar-refractivity contribution in [2.24, 2.45) is 11.7 Å². The Morgan fingerprint density at radius 2 is 2.20 bits per heavy atom. The van der Waals surface area contributed by atoms with E-state index in [1.54, 1.807) is 6.92 Å². The minimum Gasteiger partial charge on any atom is -0.439 e. The maximum Gasteiger partial charge on any atom is 0.205 e. The van der Waals surface area contributed by atoms with Gasteiger partial charge in [0.1, 0.15) is 11.8 Å². The predicted octanol–water partition coefficient (Wildman–Crippen LogP) is 2.95. The van der Waals surface area contributed by atoms with E-state index in [2.05, 4.69) is 22.6 Å². The molecule has 0 spiro atoms. The van der Waals surface area contributed by atoms with Crippen LogP contribution < -0.4 is 5.73 Å². The summed E-state index contributed by atoms with van der Waals surface area (Å²) in [6.45, 7) is 3.26. The van der Waals surface area contributed by atoms with Crippen LogP contribution in [0.5, 0.6) is 0 Å². The average Bonchev–Trinajstić information content (AvgIpc) is 2.37. The van der Waals surface area contributed by atoms with E-state index < -0.39 is 0 Å². The van der Waals surface area contributed by atoms with Crippen LogP contribution in [0.1, 0.15) is 19.4 Å². The highest BCUT2D eigenvalue weighted by molar-refractivity contribution is 14.1. The van der Waals surface area contributed by atoms with E-state index in [1.807, 2.05) is 30.3 Å². The van der Waals surface area contributed by atoms with Crippen molar-refractivity contribution in [3.8, 4) is 6.07 Å². The van der Waals surface area contributed by atoms with E-state index in [9.17, 15) is 4.79 Å². The number of carbonyl (C=O) groups is 1. The highest BCUT2D eigenvalue weighted by atomic mass is 127. The molecule has 0 amide bonds. The molecule has 1 aromatic rings. The summed E-state index contributed by atoms with van der Waals surface area (Å²) in [6, 6.07) is 9.62. The van der Waals surface area contributed by atoms with Crippen LogP contribution in [0.15, 0.2) is 41.3 Å². The molecule has 1 heterocycles. The van der Waals surface area contributed by atoms with E-state index in [-0.39, 0.29) is 17.6 Å². The van der Waals surface area contributed by atoms with Crippen LogP contribution in [0.4, 0.5) is 0 Å². The van der Waals surface area contributed by atoms with E-state index in [4.69, 9.17) is 15.7 Å². The van der Waals surface area contributed by atoms with Gasteiger partial charge in [0.05, 0.1) is 5.57 Å². The molecule has 20 heavy (non-hydrogen) atoms. The zero-order valence-corrected chi connectivity index (χ0v) is 13.3. The molecule has 0 aliphatic carbocycles. The molecule has 1 aromatic carbocycles. The monoisotopic (exact) mass is 380 g/mol. The fourth-order valence-electron chi connectivity index (χ4n) is 2.24. The second-order valence-electron chi connectivity index (χ2n) is 4.52. The normalized spacial score (nSPS) is 18.6. The zero-order valence-electron chi connectivity index (χ0n) is 11.1. The SMILES string of the molecule is CC(=O)C1=C(c2cccc(I)c2)OC(N)=C(C#N)[C@@H]1C. The Labute approximate surface area is 131 Å². The number of hydrogen-bond donors (Lipinski definition) is 1. The molecule has 2 rings (SSSR count). The second kappa shape index (κ2) is 5.67. The summed E-state index contributed by atoms with van der Waals surface area (Å²) in [7, 11) is 0. The summed E-state index contributed by atoms with van der Waals surface area (Å²) in [6.07, 6.45) is 0. The van der Waals surface area contributed by atoms with Crippen molar-refractivity contribution in [2.45, 2.75) is 13.8 Å². The number of ether oxygens (including phenoxy) is 1. The Bertz CT molecular complexity index is 683. The maximum absolute atomic E-state index is 11.9. The van der Waals surface area contributed by atoms with Crippen molar-refractivity contribution in [3.05, 3.63) is 50.4 Å². The number of ketones is 1. The highest BCUT2D eigenvalue weighted by Gasteiger charge is 2.31. The van der Waals surface area contributed by atoms with E-state index in [0.29, 0.717) is 16.9 Å². The lowest BCUT2D eigenvalue weighted by molar-refractivity contribution is -0.114. The Balaban J connectivity index is 2.62. The Hall–Kier alpha value is -1.81. The number of nitrogens with zero attached hydrogens (tertiary/aromatic N) is 1. The number of benzene rings is 1. The molecule has 0 saturated heterocycles. The highest BCUT2D eigenvalue weighted by Crippen LogP contribution is 2.36. The number of nitrogens with two attached hydrogens (primary N) is 1. The van der Waals surface area contributed by atoms with Crippen LogP contribution in [-0.2, 0) is 9.53 Å². The van der Waals surface area contributed by atoms with Crippen LogP contribution in [0.3, 0.4) is 0 Å². The summed E-state index contributed by atoms with van der Waals surface area (Å²) < 4.78 is 6.59. The van der Waals surface area contributed by atoms with Gasteiger partial charge in [-0.3, -0.25) is 4.79 Å². The van der Waals surface area contributed by atoms with Gasteiger partial charge in [0.25, 0.3) is 0 Å². The summed E-state index contributed by atoms with van der Waals surface area (Å²) in [4.78, 5) is 11.9. The first-order valence-corrected chi connectivity index (χ1v) is 7.12. The lowest BCUT2D eigenvalue weighted by atomic mass is 9.87. The number of nitriles is 1. The molecule has 0 aromatic heterocycles. The molecule has 0 saturated carbocycles. The van der Waals surface area contributed by atoms with Crippen molar-refractivity contribution in [1.29, 1.82) is 5.26 Å². The van der Waals surface area contributed by atoms with Crippen LogP contribution >= 0.6 is 22.6 Å². The third-order valence-electron chi connectivity index (χ3n) is 3.17. The van der Waals surface area contributed by atoms with Gasteiger partial charge in [-0.1, -0.05) is 19.1 Å². The van der Waals surface area contributed by atoms with Gasteiger partial charge in [-0.15, -0.1) is 0 Å². The van der Waals surface area contributed by atoms with Gasteiger partial charge >= 0.3 is 0 Å². The molecule has 2 N–H and O–H groups in total. The molecule has 4 nitrogen and oxygen atoms in total. The largest absolute Gasteiger partial charge is 0.439 e. The van der Waals surface area contributed by atoms with Gasteiger partial charge in [0.2, 0.25) is 5.88 Å². The molecular weight excluding hydrogens is 367 g/mol. The lowest BCUT2D eigenvalue weighted by Crippen LogP contribution is -2.23. The summed E-state index contributed by atoms with van der Waals surface area (Å²) >= 11 is 2.19. The first-order valence-electron chi connectivity index (χ1n) is 6.04. The maximum atomic E-state index is 11.9. The summed E-state index contributed by atoms with van der Waals surface area (Å²) in [5.41, 5.74) is 7.36. The number of allylic oxidation sites excluding steroid dienone is 2. The molecule has 0 radical (unpaired) electrons. The van der Waals surface area contributed by atoms with Gasteiger partial charge in [0.15, 0.2) is 5.78 Å². The predicted molar refractivity (Wildman–Crippen MR) is 83.8 cm³/mol. The molecule has 5 heteroatoms. The van der Waals surface area contributed by atoms with Crippen molar-refractivity contribution in [3.63, 3.8) is 0 Å². The molecule has 0 fully saturated rings. The quantitative estimate of drug-likeness (QED) is 0.801. The average molecular weight is 380 g/mol. The number of carbonyl (C=O) groups excluding carboxylic acids is 1. The minimum absolute atomic E-state index is 0.0684. The fourth-order valence-corrected chi connectivity index (χ4v) is 2.78. The molecule has 1 aliphatic heterocycles. The van der Waals surface area contributed by atoms with E-state index >= 15 is 0 Å². The van der Waals surface area contributed by atoms with Gasteiger partial charge in [-0.05, 0) is 41.6 Å². The standard InChI is InChI=1S/C15H13IN2O2/c1-8-12(7-17)15(18)20-14(13(8)9(2)19)10-4-3-5-11(16)6-10/h3-6,8H,18H2,1-2H3/t8-/m0/s1. The fraction of sp³-hybridized carbons (Fsp3) is 0.200. The molecule has 1 atom stereocenters. The van der Waals surface area contributed by atoms with E-state index in [0.717, 1.165) is 9.13 Å². The van der Waals surface area contributed by atoms with Gasteiger partial charge in [0, 0.05) is 20.6 Å². The number of rotatable bonds is 2. The van der Waals surface area contributed by atoms with Crippen LogP contribution in [0, 0.1) is 20.8 Å². The van der Waals surface area contributed by atoms with Crippen molar-refractivity contribution < 1.29 is 9.53 Å². The third kappa shape index (κ3) is 2.56. The minimum atomic E-state index is -0.362. The summed E-state index contributed by atoms with van der Waals surface area (Å²) in [5.74, 6) is 0.0320. The summed E-state index contributed by atoms with van der Waals surface area (Å²) in [5, 5.41) is 9.13. The second-order valence-corrected chi connectivity index (χ2v) is 5.77. The van der Waals surface area contributed by atoms with E-state index in [1.165, 1.54) is 6.92 Å². The van der Waals surface area contributed by atoms with Gasteiger partial charge < -0.3 is 10.5 Å². The number of hydrogen-bond acceptors (Lipinski definition) is 4. The molecule has 0 unspecified atom stereocenters. The van der Waals surface area contributed by atoms with Crippen LogP contribution in [0.2, 0.25) is 0 Å². The Kier molecular flexibility index (Phi) is 4.14. The Morgan fingerprint density at radius 1 is 1.50 bits per heavy atom. The first kappa shape index (κ1) is 14.6. The van der Waals surface area contributed by atoms with Crippen molar-refractivity contribution >= 4 is 34.1 Å². The molecule has 102 valence electrons. The van der Waals surface area contributed by atoms with Crippen molar-refractivity contribution in [2.75, 3.05) is 0 Å². The first-order chi connectivity index (χ1) is 9.45. The number of halogens is 1. The molecule has 1 aliphatic rings. The van der Waals surface area contributed by atoms with Gasteiger partial charge in [-0.2, -0.15) is 5.26 Å². The molecular formula is C15H13IN2O2. The Morgan fingerprint density at radius 3 is 2.75 bits per heavy atom. The molecule has 0 bridgehead atoms. The number of Topliss-reactive ketones (excluding diaryl/α,β-unsaturated/α-hetero) is 1. The van der Waals surface area contributed by atoms with Crippen molar-refractivity contribution in [1.82, 2.24) is 0 Å². The topological polar surface area (TPSA) is 76.1 Å². The van der Waals surface area contributed by atoms with Crippen LogP contribution in [-0.4, -0.2) is 5.78 Å². The zero-order chi connectivity index (χ0) is 14.9. The third-order valence-corrected chi connectivity index (χ3v) is 3.85.